The Hall–Kier alpha value is -0.720. The first-order valence-electron chi connectivity index (χ1n) is 2.83. The molecule has 68 valence electrons. The van der Waals surface area contributed by atoms with E-state index in [1.54, 1.807) is 0 Å². The Bertz CT molecular complexity index is 260. The van der Waals surface area contributed by atoms with Gasteiger partial charge in [0, 0.05) is 18.8 Å². The van der Waals surface area contributed by atoms with Crippen LogP contribution >= 0.6 is 11.8 Å². The summed E-state index contributed by atoms with van der Waals surface area (Å²) in [6.45, 7) is 0. The Labute approximate surface area is 69.6 Å². The van der Waals surface area contributed by atoms with Crippen molar-refractivity contribution in [3.05, 3.63) is 12.0 Å². The molecule has 0 aliphatic carbocycles. The van der Waals surface area contributed by atoms with E-state index in [1.807, 2.05) is 0 Å². The molecule has 0 aliphatic heterocycles. The van der Waals surface area contributed by atoms with E-state index in [0.717, 1.165) is 10.9 Å². The molecule has 1 rings (SSSR count). The van der Waals surface area contributed by atoms with Gasteiger partial charge in [0.2, 0.25) is 0 Å². The first kappa shape index (κ1) is 9.37. The summed E-state index contributed by atoms with van der Waals surface area (Å²) in [6, 6.07) is 0. The quantitative estimate of drug-likeness (QED) is 0.510. The second kappa shape index (κ2) is 2.96. The van der Waals surface area contributed by atoms with Crippen LogP contribution in [-0.4, -0.2) is 15.3 Å². The Morgan fingerprint density at radius 3 is 2.42 bits per heavy atom. The van der Waals surface area contributed by atoms with Crippen LogP contribution in [0.3, 0.4) is 0 Å². The van der Waals surface area contributed by atoms with E-state index in [4.69, 9.17) is 0 Å². The number of halogens is 4. The summed E-state index contributed by atoms with van der Waals surface area (Å²) in [5.41, 5.74) is -4.48. The Kier molecular flexibility index (Phi) is 2.31. The maximum Gasteiger partial charge on any atom is 0.447 e. The van der Waals surface area contributed by atoms with E-state index in [1.165, 1.54) is 7.05 Å². The van der Waals surface area contributed by atoms with Crippen LogP contribution in [0.2, 0.25) is 0 Å². The minimum Gasteiger partial charge on any atom is -0.259 e. The van der Waals surface area contributed by atoms with Gasteiger partial charge in [-0.1, -0.05) is 0 Å². The van der Waals surface area contributed by atoms with E-state index in [0.29, 0.717) is 0 Å². The molecular weight excluding hydrogens is 196 g/mol. The van der Waals surface area contributed by atoms with Gasteiger partial charge in [-0.05, 0) is 0 Å². The lowest BCUT2D eigenvalue weighted by Gasteiger charge is -2.04. The molecule has 1 aromatic rings. The molecule has 7 heteroatoms. The van der Waals surface area contributed by atoms with E-state index >= 15 is 0 Å². The zero-order chi connectivity index (χ0) is 9.35. The highest BCUT2D eigenvalue weighted by Gasteiger charge is 2.32. The van der Waals surface area contributed by atoms with Crippen molar-refractivity contribution in [2.24, 2.45) is 7.05 Å². The lowest BCUT2D eigenvalue weighted by Crippen LogP contribution is -2.03. The number of rotatable bonds is 1. The van der Waals surface area contributed by atoms with E-state index in [2.05, 4.69) is 5.10 Å². The molecule has 0 aromatic carbocycles. The number of alkyl halides is 3. The summed E-state index contributed by atoms with van der Waals surface area (Å²) < 4.78 is 48.6. The average Bonchev–Trinajstić information content (AvgIpc) is 2.16. The van der Waals surface area contributed by atoms with Gasteiger partial charge in [0.15, 0.2) is 5.82 Å². The van der Waals surface area contributed by atoms with Crippen LogP contribution in [0.1, 0.15) is 0 Å². The molecule has 0 saturated heterocycles. The van der Waals surface area contributed by atoms with Gasteiger partial charge in [-0.2, -0.15) is 18.3 Å². The van der Waals surface area contributed by atoms with E-state index < -0.39 is 28.1 Å². The summed E-state index contributed by atoms with van der Waals surface area (Å²) in [5.74, 6) is -0.958. The molecule has 0 amide bonds. The fourth-order valence-electron chi connectivity index (χ4n) is 0.624. The van der Waals surface area contributed by atoms with Crippen molar-refractivity contribution < 1.29 is 17.6 Å². The van der Waals surface area contributed by atoms with Crippen LogP contribution in [0.5, 0.6) is 0 Å². The van der Waals surface area contributed by atoms with Crippen LogP contribution in [0.15, 0.2) is 11.2 Å². The zero-order valence-corrected chi connectivity index (χ0v) is 6.71. The first-order chi connectivity index (χ1) is 5.40. The molecule has 2 nitrogen and oxygen atoms in total. The largest absolute Gasteiger partial charge is 0.447 e. The molecule has 0 atom stereocenters. The van der Waals surface area contributed by atoms with Gasteiger partial charge < -0.3 is 0 Å². The third kappa shape index (κ3) is 2.13. The summed E-state index contributed by atoms with van der Waals surface area (Å²) in [6.07, 6.45) is 0.744. The molecular formula is C5H4F4N2S. The zero-order valence-electron chi connectivity index (χ0n) is 5.89. The molecule has 0 radical (unpaired) electrons. The smallest absolute Gasteiger partial charge is 0.259 e. The van der Waals surface area contributed by atoms with Crippen molar-refractivity contribution >= 4 is 11.8 Å². The third-order valence-electron chi connectivity index (χ3n) is 1.05. The molecule has 0 spiro atoms. The van der Waals surface area contributed by atoms with Crippen molar-refractivity contribution in [1.29, 1.82) is 0 Å². The number of nitrogens with zero attached hydrogens (tertiary/aromatic N) is 2. The van der Waals surface area contributed by atoms with Crippen molar-refractivity contribution in [3.63, 3.8) is 0 Å². The van der Waals surface area contributed by atoms with Crippen LogP contribution in [0.25, 0.3) is 0 Å². The van der Waals surface area contributed by atoms with Gasteiger partial charge in [0.05, 0.1) is 6.20 Å². The fourth-order valence-corrected chi connectivity index (χ4v) is 1.17. The summed E-state index contributed by atoms with van der Waals surface area (Å²) in [7, 11) is 1.25. The predicted molar refractivity (Wildman–Crippen MR) is 35.1 cm³/mol. The molecule has 1 aromatic heterocycles. The highest BCUT2D eigenvalue weighted by molar-refractivity contribution is 8.00. The van der Waals surface area contributed by atoms with Crippen LogP contribution in [0, 0.1) is 5.82 Å². The van der Waals surface area contributed by atoms with Gasteiger partial charge in [-0.15, -0.1) is 0 Å². The topological polar surface area (TPSA) is 17.8 Å². The normalized spacial score (nSPS) is 12.1. The lowest BCUT2D eigenvalue weighted by molar-refractivity contribution is -0.0332. The molecule has 12 heavy (non-hydrogen) atoms. The van der Waals surface area contributed by atoms with Gasteiger partial charge in [-0.25, -0.2) is 4.39 Å². The van der Waals surface area contributed by atoms with Crippen LogP contribution in [-0.2, 0) is 7.05 Å². The highest BCUT2D eigenvalue weighted by atomic mass is 32.2. The number of thioether (sulfide) groups is 1. The van der Waals surface area contributed by atoms with E-state index in [-0.39, 0.29) is 0 Å². The van der Waals surface area contributed by atoms with Gasteiger partial charge in [0.25, 0.3) is 0 Å². The van der Waals surface area contributed by atoms with Crippen LogP contribution < -0.4 is 0 Å². The fraction of sp³-hybridized carbons (Fsp3) is 0.400. The van der Waals surface area contributed by atoms with Crippen molar-refractivity contribution in [2.75, 3.05) is 0 Å². The Balaban J connectivity index is 2.88. The Morgan fingerprint density at radius 2 is 2.08 bits per heavy atom. The molecule has 0 N–H and O–H groups in total. The van der Waals surface area contributed by atoms with Gasteiger partial charge in [0.1, 0.15) is 5.03 Å². The third-order valence-corrected chi connectivity index (χ3v) is 1.94. The van der Waals surface area contributed by atoms with Gasteiger partial charge in [-0.3, -0.25) is 4.68 Å². The molecule has 1 heterocycles. The molecule has 0 unspecified atom stereocenters. The predicted octanol–water partition coefficient (Wildman–Crippen LogP) is 2.17. The second-order valence-electron chi connectivity index (χ2n) is 1.97. The number of aromatic nitrogens is 2. The van der Waals surface area contributed by atoms with Gasteiger partial charge >= 0.3 is 5.51 Å². The van der Waals surface area contributed by atoms with E-state index in [9.17, 15) is 17.6 Å². The first-order valence-corrected chi connectivity index (χ1v) is 3.65. The van der Waals surface area contributed by atoms with Crippen molar-refractivity contribution in [3.8, 4) is 0 Å². The minimum absolute atomic E-state index is 0.514. The molecule has 0 bridgehead atoms. The minimum atomic E-state index is -4.48. The summed E-state index contributed by atoms with van der Waals surface area (Å²) in [4.78, 5) is 0. The lowest BCUT2D eigenvalue weighted by atomic mass is 10.7. The summed E-state index contributed by atoms with van der Waals surface area (Å²) in [5, 5.41) is 2.80. The number of hydrogen-bond acceptors (Lipinski definition) is 2. The Morgan fingerprint density at radius 1 is 1.50 bits per heavy atom. The van der Waals surface area contributed by atoms with Crippen molar-refractivity contribution in [2.45, 2.75) is 10.5 Å². The standard InChI is InChI=1S/C5H4F4N2S/c1-11-4(3(6)2-10-11)12-5(7,8)9/h2H,1H3. The monoisotopic (exact) mass is 200 g/mol. The maximum atomic E-state index is 12.5. The van der Waals surface area contributed by atoms with Crippen molar-refractivity contribution in [1.82, 2.24) is 9.78 Å². The maximum absolute atomic E-state index is 12.5. The number of aryl methyl sites for hydroxylation is 1. The van der Waals surface area contributed by atoms with Crippen LogP contribution in [0.4, 0.5) is 17.6 Å². The second-order valence-corrected chi connectivity index (χ2v) is 3.02. The molecule has 0 aliphatic rings. The average molecular weight is 200 g/mol. The molecule has 0 saturated carbocycles. The SMILES string of the molecule is Cn1ncc(F)c1SC(F)(F)F. The summed E-state index contributed by atoms with van der Waals surface area (Å²) >= 11 is -0.514. The molecule has 0 fully saturated rings. The number of hydrogen-bond donors (Lipinski definition) is 0. The highest BCUT2D eigenvalue weighted by Crippen LogP contribution is 2.37.